The van der Waals surface area contributed by atoms with E-state index in [1.165, 1.54) is 38.5 Å². The van der Waals surface area contributed by atoms with Gasteiger partial charge < -0.3 is 5.11 Å². The van der Waals surface area contributed by atoms with Gasteiger partial charge in [0.2, 0.25) is 0 Å². The predicted molar refractivity (Wildman–Crippen MR) is 70.7 cm³/mol. The van der Waals surface area contributed by atoms with Gasteiger partial charge in [0.15, 0.2) is 0 Å². The minimum Gasteiger partial charge on any atom is -0.478 e. The molecular weight excluding hydrogens is 232 g/mol. The molecule has 3 heteroatoms. The number of carbonyl (C=O) groups is 1. The Hall–Kier alpha value is -0.960. The van der Waals surface area contributed by atoms with E-state index in [0.717, 1.165) is 4.90 Å². The fourth-order valence-corrected chi connectivity index (χ4v) is 3.65. The quantitative estimate of drug-likeness (QED) is 0.817. The normalized spacial score (nSPS) is 17.6. The Balaban J connectivity index is 2.09. The molecule has 1 aliphatic carbocycles. The molecule has 92 valence electrons. The highest BCUT2D eigenvalue weighted by Crippen LogP contribution is 2.34. The second kappa shape index (κ2) is 6.10. The summed E-state index contributed by atoms with van der Waals surface area (Å²) < 4.78 is 0. The summed E-state index contributed by atoms with van der Waals surface area (Å²) in [5.41, 5.74) is 0.446. The van der Waals surface area contributed by atoms with Gasteiger partial charge in [0, 0.05) is 10.1 Å². The highest BCUT2D eigenvalue weighted by Gasteiger charge is 2.17. The second-order valence-corrected chi connectivity index (χ2v) is 5.87. The molecule has 0 amide bonds. The molecule has 17 heavy (non-hydrogen) atoms. The van der Waals surface area contributed by atoms with E-state index in [4.69, 9.17) is 5.11 Å². The van der Waals surface area contributed by atoms with Crippen LogP contribution in [0.3, 0.4) is 0 Å². The molecule has 1 aliphatic rings. The summed E-state index contributed by atoms with van der Waals surface area (Å²) in [4.78, 5) is 12.0. The average molecular weight is 250 g/mol. The summed E-state index contributed by atoms with van der Waals surface area (Å²) in [7, 11) is 0. The summed E-state index contributed by atoms with van der Waals surface area (Å²) in [6.45, 7) is 0. The Kier molecular flexibility index (Phi) is 4.49. The van der Waals surface area contributed by atoms with E-state index in [1.807, 2.05) is 12.1 Å². The number of hydrogen-bond acceptors (Lipinski definition) is 2. The van der Waals surface area contributed by atoms with Crippen molar-refractivity contribution < 1.29 is 9.90 Å². The van der Waals surface area contributed by atoms with Crippen molar-refractivity contribution in [1.29, 1.82) is 0 Å². The first-order valence-corrected chi connectivity index (χ1v) is 7.14. The highest BCUT2D eigenvalue weighted by molar-refractivity contribution is 8.00. The lowest BCUT2D eigenvalue weighted by molar-refractivity contribution is 0.0693. The molecule has 2 nitrogen and oxygen atoms in total. The van der Waals surface area contributed by atoms with Crippen LogP contribution in [0.1, 0.15) is 48.9 Å². The fourth-order valence-electron chi connectivity index (χ4n) is 2.29. The van der Waals surface area contributed by atoms with Gasteiger partial charge in [-0.3, -0.25) is 0 Å². The van der Waals surface area contributed by atoms with Gasteiger partial charge in [-0.25, -0.2) is 4.79 Å². The molecular formula is C14H18O2S. The second-order valence-electron chi connectivity index (χ2n) is 4.53. The van der Waals surface area contributed by atoms with Crippen LogP contribution in [-0.2, 0) is 0 Å². The molecule has 2 rings (SSSR count). The maximum absolute atomic E-state index is 11.1. The van der Waals surface area contributed by atoms with Crippen molar-refractivity contribution >= 4 is 17.7 Å². The zero-order valence-electron chi connectivity index (χ0n) is 9.89. The maximum atomic E-state index is 11.1. The number of thioether (sulfide) groups is 1. The number of hydrogen-bond donors (Lipinski definition) is 1. The van der Waals surface area contributed by atoms with Gasteiger partial charge in [0.25, 0.3) is 0 Å². The van der Waals surface area contributed by atoms with Crippen molar-refractivity contribution in [3.8, 4) is 0 Å². The molecule has 0 aliphatic heterocycles. The first-order chi connectivity index (χ1) is 8.27. The Morgan fingerprint density at radius 1 is 1.12 bits per heavy atom. The van der Waals surface area contributed by atoms with Gasteiger partial charge in [0.1, 0.15) is 0 Å². The molecule has 1 saturated carbocycles. The average Bonchev–Trinajstić information content (AvgIpc) is 2.58. The highest BCUT2D eigenvalue weighted by atomic mass is 32.2. The lowest BCUT2D eigenvalue weighted by atomic mass is 10.2. The predicted octanol–water partition coefficient (Wildman–Crippen LogP) is 4.20. The minimum absolute atomic E-state index is 0.446. The maximum Gasteiger partial charge on any atom is 0.336 e. The van der Waals surface area contributed by atoms with Crippen LogP contribution >= 0.6 is 11.8 Å². The molecule has 0 radical (unpaired) electrons. The SMILES string of the molecule is O=C(O)c1ccccc1SC1CCCCCC1. The van der Waals surface area contributed by atoms with Gasteiger partial charge >= 0.3 is 5.97 Å². The Morgan fingerprint density at radius 3 is 2.41 bits per heavy atom. The van der Waals surface area contributed by atoms with E-state index >= 15 is 0 Å². The van der Waals surface area contributed by atoms with E-state index in [0.29, 0.717) is 10.8 Å². The number of carboxylic acids is 1. The van der Waals surface area contributed by atoms with E-state index in [2.05, 4.69) is 0 Å². The molecule has 0 bridgehead atoms. The van der Waals surface area contributed by atoms with Gasteiger partial charge in [-0.15, -0.1) is 11.8 Å². The lowest BCUT2D eigenvalue weighted by Crippen LogP contribution is -2.04. The molecule has 1 N–H and O–H groups in total. The Labute approximate surface area is 106 Å². The molecule has 1 aromatic rings. The van der Waals surface area contributed by atoms with Crippen molar-refractivity contribution in [3.05, 3.63) is 29.8 Å². The van der Waals surface area contributed by atoms with Crippen LogP contribution in [0.4, 0.5) is 0 Å². The molecule has 0 atom stereocenters. The summed E-state index contributed by atoms with van der Waals surface area (Å²) >= 11 is 1.75. The van der Waals surface area contributed by atoms with Gasteiger partial charge in [-0.1, -0.05) is 37.8 Å². The monoisotopic (exact) mass is 250 g/mol. The molecule has 0 heterocycles. The van der Waals surface area contributed by atoms with Crippen molar-refractivity contribution in [1.82, 2.24) is 0 Å². The van der Waals surface area contributed by atoms with Crippen LogP contribution in [0.2, 0.25) is 0 Å². The van der Waals surface area contributed by atoms with E-state index in [9.17, 15) is 4.79 Å². The first-order valence-electron chi connectivity index (χ1n) is 6.26. The molecule has 1 aromatic carbocycles. The van der Waals surface area contributed by atoms with Crippen LogP contribution in [-0.4, -0.2) is 16.3 Å². The standard InChI is InChI=1S/C14H18O2S/c15-14(16)12-9-5-6-10-13(12)17-11-7-3-1-2-4-8-11/h5-6,9-11H,1-4,7-8H2,(H,15,16). The first kappa shape index (κ1) is 12.5. The summed E-state index contributed by atoms with van der Waals surface area (Å²) in [5.74, 6) is -0.818. The van der Waals surface area contributed by atoms with Crippen LogP contribution in [0.5, 0.6) is 0 Å². The molecule has 0 spiro atoms. The van der Waals surface area contributed by atoms with E-state index < -0.39 is 5.97 Å². The zero-order chi connectivity index (χ0) is 12.1. The minimum atomic E-state index is -0.818. The third kappa shape index (κ3) is 3.50. The van der Waals surface area contributed by atoms with Crippen molar-refractivity contribution in [2.45, 2.75) is 48.7 Å². The van der Waals surface area contributed by atoms with Gasteiger partial charge in [-0.05, 0) is 25.0 Å². The number of benzene rings is 1. The molecule has 0 saturated heterocycles. The molecule has 0 aromatic heterocycles. The number of carboxylic acid groups (broad SMARTS) is 1. The summed E-state index contributed by atoms with van der Waals surface area (Å²) in [5, 5.41) is 9.73. The van der Waals surface area contributed by atoms with Crippen LogP contribution in [0.15, 0.2) is 29.2 Å². The summed E-state index contributed by atoms with van der Waals surface area (Å²) in [6.07, 6.45) is 7.67. The van der Waals surface area contributed by atoms with Gasteiger partial charge in [0.05, 0.1) is 5.56 Å². The molecule has 1 fully saturated rings. The third-order valence-electron chi connectivity index (χ3n) is 3.21. The zero-order valence-corrected chi connectivity index (χ0v) is 10.7. The fraction of sp³-hybridized carbons (Fsp3) is 0.500. The van der Waals surface area contributed by atoms with E-state index in [1.54, 1.807) is 23.9 Å². The van der Waals surface area contributed by atoms with Crippen molar-refractivity contribution in [2.24, 2.45) is 0 Å². The van der Waals surface area contributed by atoms with Crippen molar-refractivity contribution in [2.75, 3.05) is 0 Å². The third-order valence-corrected chi connectivity index (χ3v) is 4.63. The van der Waals surface area contributed by atoms with Crippen LogP contribution in [0.25, 0.3) is 0 Å². The van der Waals surface area contributed by atoms with Crippen LogP contribution < -0.4 is 0 Å². The number of rotatable bonds is 3. The lowest BCUT2D eigenvalue weighted by Gasteiger charge is -2.14. The Morgan fingerprint density at radius 2 is 1.76 bits per heavy atom. The topological polar surface area (TPSA) is 37.3 Å². The molecule has 0 unspecified atom stereocenters. The van der Waals surface area contributed by atoms with Gasteiger partial charge in [-0.2, -0.15) is 0 Å². The Bertz CT molecular complexity index is 382. The smallest absolute Gasteiger partial charge is 0.336 e. The van der Waals surface area contributed by atoms with Crippen LogP contribution in [0, 0.1) is 0 Å². The van der Waals surface area contributed by atoms with Crippen molar-refractivity contribution in [3.63, 3.8) is 0 Å². The summed E-state index contributed by atoms with van der Waals surface area (Å²) in [6, 6.07) is 7.34. The number of aromatic carboxylic acids is 1. The van der Waals surface area contributed by atoms with E-state index in [-0.39, 0.29) is 0 Å². The largest absolute Gasteiger partial charge is 0.478 e.